The first kappa shape index (κ1) is 10.8. The molecule has 6 heteroatoms. The number of ether oxygens (including phenoxy) is 2. The minimum Gasteiger partial charge on any atom is -0.389 e. The minimum atomic E-state index is -1.03. The molecule has 1 rings (SSSR count). The van der Waals surface area contributed by atoms with Crippen LogP contribution in [0.2, 0.25) is 0 Å². The first-order valence-corrected chi connectivity index (χ1v) is 4.11. The fourth-order valence-corrected chi connectivity index (χ4v) is 1.35. The summed E-state index contributed by atoms with van der Waals surface area (Å²) in [7, 11) is 1.39. The van der Waals surface area contributed by atoms with Gasteiger partial charge in [0.25, 0.3) is 0 Å². The molecule has 1 saturated heterocycles. The lowest BCUT2D eigenvalue weighted by molar-refractivity contribution is -0.259. The van der Waals surface area contributed by atoms with E-state index in [1.54, 1.807) is 0 Å². The summed E-state index contributed by atoms with van der Waals surface area (Å²) in [4.78, 5) is 0. The molecule has 6 N–H and O–H groups in total. The van der Waals surface area contributed by atoms with Crippen molar-refractivity contribution >= 4 is 0 Å². The van der Waals surface area contributed by atoms with Crippen molar-refractivity contribution in [1.82, 2.24) is 0 Å². The van der Waals surface area contributed by atoms with Crippen LogP contribution in [0.3, 0.4) is 0 Å². The molecular weight excluding hydrogens is 176 g/mol. The van der Waals surface area contributed by atoms with E-state index in [2.05, 4.69) is 0 Å². The van der Waals surface area contributed by atoms with Crippen molar-refractivity contribution in [2.75, 3.05) is 13.7 Å². The fraction of sp³-hybridized carbons (Fsp3) is 1.00. The first-order chi connectivity index (χ1) is 6.11. The Morgan fingerprint density at radius 1 is 1.38 bits per heavy atom. The van der Waals surface area contributed by atoms with Crippen molar-refractivity contribution in [1.29, 1.82) is 0 Å². The fourth-order valence-electron chi connectivity index (χ4n) is 1.35. The van der Waals surface area contributed by atoms with E-state index < -0.39 is 30.6 Å². The Bertz CT molecular complexity index is 149. The van der Waals surface area contributed by atoms with E-state index in [0.717, 1.165) is 0 Å². The normalized spacial score (nSPS) is 46.4. The molecule has 0 amide bonds. The largest absolute Gasteiger partial charge is 0.389 e. The summed E-state index contributed by atoms with van der Waals surface area (Å²) in [5.41, 5.74) is 10.9. The summed E-state index contributed by atoms with van der Waals surface area (Å²) < 4.78 is 9.99. The summed E-state index contributed by atoms with van der Waals surface area (Å²) in [5, 5.41) is 18.9. The highest BCUT2D eigenvalue weighted by Gasteiger charge is 2.41. The molecule has 0 bridgehead atoms. The molecule has 0 aliphatic carbocycles. The van der Waals surface area contributed by atoms with Gasteiger partial charge in [-0.15, -0.1) is 0 Å². The van der Waals surface area contributed by atoms with E-state index in [-0.39, 0.29) is 6.54 Å². The van der Waals surface area contributed by atoms with Gasteiger partial charge in [0, 0.05) is 13.7 Å². The van der Waals surface area contributed by atoms with E-state index in [1.807, 2.05) is 0 Å². The van der Waals surface area contributed by atoms with Gasteiger partial charge in [0.05, 0.1) is 12.1 Å². The van der Waals surface area contributed by atoms with Crippen LogP contribution in [0.5, 0.6) is 0 Å². The Kier molecular flexibility index (Phi) is 3.60. The van der Waals surface area contributed by atoms with Crippen molar-refractivity contribution < 1.29 is 19.7 Å². The van der Waals surface area contributed by atoms with Gasteiger partial charge in [0.1, 0.15) is 12.2 Å². The summed E-state index contributed by atoms with van der Waals surface area (Å²) in [6.45, 7) is 0.140. The van der Waals surface area contributed by atoms with Gasteiger partial charge in [0.2, 0.25) is 0 Å². The highest BCUT2D eigenvalue weighted by atomic mass is 16.7. The zero-order valence-electron chi connectivity index (χ0n) is 7.46. The number of aliphatic hydroxyl groups is 2. The average Bonchev–Trinajstić information content (AvgIpc) is 2.15. The van der Waals surface area contributed by atoms with Crippen LogP contribution in [0.25, 0.3) is 0 Å². The molecular formula is C7H16N2O4. The summed E-state index contributed by atoms with van der Waals surface area (Å²) in [5.74, 6) is 0. The van der Waals surface area contributed by atoms with E-state index >= 15 is 0 Å². The molecule has 1 aliphatic rings. The van der Waals surface area contributed by atoms with E-state index in [0.29, 0.717) is 0 Å². The third kappa shape index (κ3) is 1.98. The summed E-state index contributed by atoms with van der Waals surface area (Å²) in [6.07, 6.45) is -3.37. The van der Waals surface area contributed by atoms with Gasteiger partial charge >= 0.3 is 0 Å². The van der Waals surface area contributed by atoms with Gasteiger partial charge in [-0.05, 0) is 0 Å². The van der Waals surface area contributed by atoms with Gasteiger partial charge in [-0.1, -0.05) is 0 Å². The molecule has 78 valence electrons. The summed E-state index contributed by atoms with van der Waals surface area (Å²) >= 11 is 0. The zero-order chi connectivity index (χ0) is 10.0. The smallest absolute Gasteiger partial charge is 0.185 e. The molecule has 13 heavy (non-hydrogen) atoms. The molecule has 1 fully saturated rings. The van der Waals surface area contributed by atoms with E-state index in [4.69, 9.17) is 20.9 Å². The first-order valence-electron chi connectivity index (χ1n) is 4.11. The Hall–Kier alpha value is -0.240. The second-order valence-electron chi connectivity index (χ2n) is 3.07. The maximum absolute atomic E-state index is 9.48. The van der Waals surface area contributed by atoms with Crippen molar-refractivity contribution in [2.45, 2.75) is 30.6 Å². The second-order valence-corrected chi connectivity index (χ2v) is 3.07. The minimum absolute atomic E-state index is 0.140. The quantitative estimate of drug-likeness (QED) is 0.381. The molecule has 0 radical (unpaired) electrons. The lowest BCUT2D eigenvalue weighted by atomic mass is 9.97. The van der Waals surface area contributed by atoms with Crippen LogP contribution in [0.15, 0.2) is 0 Å². The topological polar surface area (TPSA) is 111 Å². The molecule has 0 aromatic rings. The average molecular weight is 192 g/mol. The van der Waals surface area contributed by atoms with Crippen molar-refractivity contribution in [2.24, 2.45) is 11.5 Å². The Morgan fingerprint density at radius 3 is 2.46 bits per heavy atom. The van der Waals surface area contributed by atoms with Gasteiger partial charge in [-0.3, -0.25) is 0 Å². The number of aliphatic hydroxyl groups excluding tert-OH is 2. The van der Waals surface area contributed by atoms with Crippen LogP contribution < -0.4 is 11.5 Å². The van der Waals surface area contributed by atoms with Crippen LogP contribution >= 0.6 is 0 Å². The maximum Gasteiger partial charge on any atom is 0.185 e. The molecule has 0 spiro atoms. The predicted molar refractivity (Wildman–Crippen MR) is 44.7 cm³/mol. The molecule has 1 heterocycles. The molecule has 1 aliphatic heterocycles. The number of nitrogens with two attached hydrogens (primary N) is 2. The maximum atomic E-state index is 9.48. The Balaban J connectivity index is 2.66. The lowest BCUT2D eigenvalue weighted by Crippen LogP contribution is -2.63. The van der Waals surface area contributed by atoms with Crippen molar-refractivity contribution in [3.63, 3.8) is 0 Å². The third-order valence-corrected chi connectivity index (χ3v) is 2.22. The molecule has 0 aromatic heterocycles. The molecule has 0 saturated carbocycles. The Morgan fingerprint density at radius 2 is 2.00 bits per heavy atom. The molecule has 5 atom stereocenters. The van der Waals surface area contributed by atoms with Gasteiger partial charge in [0.15, 0.2) is 6.29 Å². The zero-order valence-corrected chi connectivity index (χ0v) is 7.46. The number of hydrogen-bond donors (Lipinski definition) is 4. The molecule has 0 aromatic carbocycles. The third-order valence-electron chi connectivity index (χ3n) is 2.22. The van der Waals surface area contributed by atoms with Gasteiger partial charge in [-0.2, -0.15) is 0 Å². The van der Waals surface area contributed by atoms with Crippen LogP contribution in [-0.4, -0.2) is 54.5 Å². The summed E-state index contributed by atoms with van der Waals surface area (Å²) in [6, 6.07) is -0.785. The Labute approximate surface area is 76.4 Å². The van der Waals surface area contributed by atoms with Crippen LogP contribution in [0.4, 0.5) is 0 Å². The van der Waals surface area contributed by atoms with Gasteiger partial charge < -0.3 is 31.2 Å². The van der Waals surface area contributed by atoms with E-state index in [1.165, 1.54) is 7.11 Å². The highest BCUT2D eigenvalue weighted by Crippen LogP contribution is 2.19. The highest BCUT2D eigenvalue weighted by molar-refractivity contribution is 4.92. The van der Waals surface area contributed by atoms with Crippen molar-refractivity contribution in [3.05, 3.63) is 0 Å². The number of rotatable bonds is 2. The second kappa shape index (κ2) is 4.32. The van der Waals surface area contributed by atoms with E-state index in [9.17, 15) is 10.2 Å². The number of methoxy groups -OCH3 is 1. The molecule has 6 nitrogen and oxygen atoms in total. The standard InChI is InChI=1S/C7H16N2O4/c1-12-7-6(11)4(9)5(10)3(2-8)13-7/h3-7,10-11H,2,8-9H2,1H3/t3?,4-,5?,6-,7?/m1/s1. The van der Waals surface area contributed by atoms with Gasteiger partial charge in [-0.25, -0.2) is 0 Å². The molecule has 3 unspecified atom stereocenters. The predicted octanol–water partition coefficient (Wildman–Crippen LogP) is -2.63. The lowest BCUT2D eigenvalue weighted by Gasteiger charge is -2.40. The van der Waals surface area contributed by atoms with Crippen LogP contribution in [0.1, 0.15) is 0 Å². The monoisotopic (exact) mass is 192 g/mol. The van der Waals surface area contributed by atoms with Crippen molar-refractivity contribution in [3.8, 4) is 0 Å². The number of hydrogen-bond acceptors (Lipinski definition) is 6. The van der Waals surface area contributed by atoms with Crippen LogP contribution in [0, 0.1) is 0 Å². The SMILES string of the molecule is COC1OC(CN)C(O)[C@@H](N)[C@H]1O. The van der Waals surface area contributed by atoms with Crippen LogP contribution in [-0.2, 0) is 9.47 Å².